The van der Waals surface area contributed by atoms with Crippen LogP contribution in [0.4, 0.5) is 0 Å². The average molecular weight is 398 g/mol. The number of unbranched alkanes of at least 4 members (excludes halogenated alkanes) is 1. The molecule has 29 heavy (non-hydrogen) atoms. The Bertz CT molecular complexity index is 757. The van der Waals surface area contributed by atoms with E-state index < -0.39 is 5.97 Å². The monoisotopic (exact) mass is 398 g/mol. The van der Waals surface area contributed by atoms with Crippen LogP contribution < -0.4 is 4.74 Å². The van der Waals surface area contributed by atoms with E-state index in [1.54, 1.807) is 0 Å². The van der Waals surface area contributed by atoms with E-state index in [9.17, 15) is 4.79 Å². The fourth-order valence-corrected chi connectivity index (χ4v) is 3.10. The van der Waals surface area contributed by atoms with E-state index in [0.29, 0.717) is 19.4 Å². The fraction of sp³-hybridized carbons (Fsp3) is 0.375. The number of ether oxygens (including phenoxy) is 2. The summed E-state index contributed by atoms with van der Waals surface area (Å²) in [6, 6.07) is 18.1. The van der Waals surface area contributed by atoms with E-state index >= 15 is 0 Å². The van der Waals surface area contributed by atoms with Crippen molar-refractivity contribution in [2.75, 3.05) is 19.8 Å². The number of aliphatic hydroxyl groups excluding tert-OH is 1. The van der Waals surface area contributed by atoms with Crippen molar-refractivity contribution in [1.29, 1.82) is 0 Å². The van der Waals surface area contributed by atoms with E-state index in [-0.39, 0.29) is 24.9 Å². The van der Waals surface area contributed by atoms with Crippen molar-refractivity contribution in [3.05, 3.63) is 66.7 Å². The van der Waals surface area contributed by atoms with Crippen LogP contribution in [0.1, 0.15) is 32.1 Å². The molecule has 0 aliphatic heterocycles. The van der Waals surface area contributed by atoms with Gasteiger partial charge in [0, 0.05) is 17.6 Å². The smallest absolute Gasteiger partial charge is 0.330 e. The van der Waals surface area contributed by atoms with Crippen LogP contribution >= 0.6 is 0 Å². The SMILES string of the molecule is C=C(CCCCC(CCOc1ccccc1-c1ccccc1)OCCO)C(=O)O. The highest BCUT2D eigenvalue weighted by molar-refractivity contribution is 5.85. The zero-order valence-electron chi connectivity index (χ0n) is 16.8. The Balaban J connectivity index is 1.85. The molecule has 5 heteroatoms. The van der Waals surface area contributed by atoms with Crippen molar-refractivity contribution in [3.63, 3.8) is 0 Å². The van der Waals surface area contributed by atoms with Gasteiger partial charge in [-0.1, -0.05) is 61.5 Å². The average Bonchev–Trinajstić information content (AvgIpc) is 2.75. The Morgan fingerprint density at radius 1 is 0.966 bits per heavy atom. The number of para-hydroxylation sites is 1. The Kier molecular flexibility index (Phi) is 9.96. The third kappa shape index (κ3) is 8.10. The molecule has 1 unspecified atom stereocenters. The van der Waals surface area contributed by atoms with E-state index in [1.807, 2.05) is 42.5 Å². The lowest BCUT2D eigenvalue weighted by atomic mass is 10.0. The van der Waals surface area contributed by atoms with Crippen LogP contribution in [0.25, 0.3) is 11.1 Å². The number of rotatable bonds is 14. The molecular weight excluding hydrogens is 368 g/mol. The van der Waals surface area contributed by atoms with Crippen molar-refractivity contribution in [1.82, 2.24) is 0 Å². The number of carboxylic acid groups (broad SMARTS) is 1. The first kappa shape index (κ1) is 22.7. The Labute approximate surface area is 172 Å². The summed E-state index contributed by atoms with van der Waals surface area (Å²) in [5.74, 6) is -0.110. The highest BCUT2D eigenvalue weighted by atomic mass is 16.5. The molecule has 2 aromatic carbocycles. The molecular formula is C24H30O5. The molecule has 2 rings (SSSR count). The lowest BCUT2D eigenvalue weighted by Crippen LogP contribution is -2.19. The number of benzene rings is 2. The number of hydrogen-bond donors (Lipinski definition) is 2. The maximum atomic E-state index is 10.8. The minimum atomic E-state index is -0.941. The van der Waals surface area contributed by atoms with Crippen LogP contribution in [0.15, 0.2) is 66.7 Å². The highest BCUT2D eigenvalue weighted by Crippen LogP contribution is 2.29. The molecule has 0 saturated carbocycles. The van der Waals surface area contributed by atoms with Gasteiger partial charge in [-0.05, 0) is 30.9 Å². The third-order valence-electron chi connectivity index (χ3n) is 4.67. The molecule has 156 valence electrons. The maximum Gasteiger partial charge on any atom is 0.330 e. The standard InChI is InChI=1S/C24H30O5/c1-19(24(26)27)9-5-6-12-21(28-18-16-25)15-17-29-23-14-8-7-13-22(23)20-10-3-2-4-11-20/h2-4,7-8,10-11,13-14,21,25H,1,5-6,9,12,15-18H2,(H,26,27). The predicted molar refractivity (Wildman–Crippen MR) is 114 cm³/mol. The Morgan fingerprint density at radius 2 is 1.69 bits per heavy atom. The lowest BCUT2D eigenvalue weighted by molar-refractivity contribution is -0.132. The minimum Gasteiger partial charge on any atom is -0.493 e. The molecule has 0 amide bonds. The zero-order valence-corrected chi connectivity index (χ0v) is 16.8. The molecule has 0 fully saturated rings. The van der Waals surface area contributed by atoms with Crippen molar-refractivity contribution < 1.29 is 24.5 Å². The maximum absolute atomic E-state index is 10.8. The van der Waals surface area contributed by atoms with Gasteiger partial charge in [0.1, 0.15) is 5.75 Å². The van der Waals surface area contributed by atoms with Gasteiger partial charge in [-0.2, -0.15) is 0 Å². The molecule has 2 aromatic rings. The Hall–Kier alpha value is -2.63. The lowest BCUT2D eigenvalue weighted by Gasteiger charge is -2.19. The van der Waals surface area contributed by atoms with Crippen molar-refractivity contribution in [2.45, 2.75) is 38.2 Å². The second kappa shape index (κ2) is 12.8. The molecule has 0 radical (unpaired) electrons. The summed E-state index contributed by atoms with van der Waals surface area (Å²) in [6.07, 6.45) is 3.51. The summed E-state index contributed by atoms with van der Waals surface area (Å²) < 4.78 is 11.8. The van der Waals surface area contributed by atoms with E-state index in [0.717, 1.165) is 36.1 Å². The first-order valence-corrected chi connectivity index (χ1v) is 10.0. The first-order chi connectivity index (χ1) is 14.1. The molecule has 2 N–H and O–H groups in total. The zero-order chi connectivity index (χ0) is 20.9. The predicted octanol–water partition coefficient (Wildman–Crippen LogP) is 4.70. The molecule has 0 bridgehead atoms. The van der Waals surface area contributed by atoms with Gasteiger partial charge in [0.05, 0.1) is 25.9 Å². The number of hydrogen-bond acceptors (Lipinski definition) is 4. The summed E-state index contributed by atoms with van der Waals surface area (Å²) >= 11 is 0. The molecule has 0 spiro atoms. The van der Waals surface area contributed by atoms with Gasteiger partial charge in [0.25, 0.3) is 0 Å². The van der Waals surface area contributed by atoms with Gasteiger partial charge in [0.15, 0.2) is 0 Å². The number of aliphatic hydroxyl groups is 1. The number of aliphatic carboxylic acids is 1. The molecule has 0 saturated heterocycles. The number of carboxylic acids is 1. The molecule has 0 heterocycles. The topological polar surface area (TPSA) is 76.0 Å². The van der Waals surface area contributed by atoms with Gasteiger partial charge in [0.2, 0.25) is 0 Å². The molecule has 1 atom stereocenters. The van der Waals surface area contributed by atoms with E-state index in [4.69, 9.17) is 19.7 Å². The summed E-state index contributed by atoms with van der Waals surface area (Å²) in [5.41, 5.74) is 2.39. The van der Waals surface area contributed by atoms with Gasteiger partial charge < -0.3 is 19.7 Å². The first-order valence-electron chi connectivity index (χ1n) is 10.0. The van der Waals surface area contributed by atoms with Crippen LogP contribution in [0.2, 0.25) is 0 Å². The largest absolute Gasteiger partial charge is 0.493 e. The normalized spacial score (nSPS) is 11.8. The summed E-state index contributed by atoms with van der Waals surface area (Å²) in [5, 5.41) is 17.9. The van der Waals surface area contributed by atoms with E-state index in [2.05, 4.69) is 18.7 Å². The van der Waals surface area contributed by atoms with Crippen LogP contribution in [-0.2, 0) is 9.53 Å². The van der Waals surface area contributed by atoms with Crippen LogP contribution in [-0.4, -0.2) is 42.1 Å². The second-order valence-corrected chi connectivity index (χ2v) is 6.87. The van der Waals surface area contributed by atoms with Crippen LogP contribution in [0.5, 0.6) is 5.75 Å². The minimum absolute atomic E-state index is 0.0238. The summed E-state index contributed by atoms with van der Waals surface area (Å²) in [6.45, 7) is 4.32. The van der Waals surface area contributed by atoms with Crippen molar-refractivity contribution in [3.8, 4) is 16.9 Å². The Morgan fingerprint density at radius 3 is 2.41 bits per heavy atom. The summed E-state index contributed by atoms with van der Waals surface area (Å²) in [4.78, 5) is 10.8. The summed E-state index contributed by atoms with van der Waals surface area (Å²) in [7, 11) is 0. The molecule has 0 aliphatic carbocycles. The van der Waals surface area contributed by atoms with Crippen molar-refractivity contribution >= 4 is 5.97 Å². The third-order valence-corrected chi connectivity index (χ3v) is 4.67. The highest BCUT2D eigenvalue weighted by Gasteiger charge is 2.12. The van der Waals surface area contributed by atoms with Gasteiger partial charge in [-0.15, -0.1) is 0 Å². The fourth-order valence-electron chi connectivity index (χ4n) is 3.10. The van der Waals surface area contributed by atoms with Crippen LogP contribution in [0.3, 0.4) is 0 Å². The number of carbonyl (C=O) groups is 1. The molecule has 0 aromatic heterocycles. The van der Waals surface area contributed by atoms with Gasteiger partial charge >= 0.3 is 5.97 Å². The van der Waals surface area contributed by atoms with E-state index in [1.165, 1.54) is 0 Å². The van der Waals surface area contributed by atoms with Crippen LogP contribution in [0, 0.1) is 0 Å². The molecule has 0 aliphatic rings. The van der Waals surface area contributed by atoms with Gasteiger partial charge in [-0.3, -0.25) is 0 Å². The quantitative estimate of drug-likeness (QED) is 0.356. The molecule has 5 nitrogen and oxygen atoms in total. The van der Waals surface area contributed by atoms with Gasteiger partial charge in [-0.25, -0.2) is 4.79 Å². The second-order valence-electron chi connectivity index (χ2n) is 6.87. The van der Waals surface area contributed by atoms with Crippen molar-refractivity contribution in [2.24, 2.45) is 0 Å².